The van der Waals surface area contributed by atoms with E-state index in [1.165, 1.54) is 5.56 Å². The summed E-state index contributed by atoms with van der Waals surface area (Å²) in [5.41, 5.74) is 1.94. The van der Waals surface area contributed by atoms with Gasteiger partial charge in [-0.2, -0.15) is 0 Å². The molecule has 0 N–H and O–H groups in total. The Kier molecular flexibility index (Phi) is 4.37. The molecule has 1 atom stereocenters. The van der Waals surface area contributed by atoms with E-state index >= 15 is 0 Å². The molecule has 7 heteroatoms. The van der Waals surface area contributed by atoms with E-state index in [1.807, 2.05) is 24.3 Å². The predicted molar refractivity (Wildman–Crippen MR) is 92.3 cm³/mol. The number of benzene rings is 2. The number of nitrogens with zero attached hydrogens (tertiary/aromatic N) is 2. The maximum absolute atomic E-state index is 14.0. The zero-order valence-corrected chi connectivity index (χ0v) is 14.4. The second-order valence-corrected chi connectivity index (χ2v) is 6.88. The minimum absolute atomic E-state index is 0.0438. The molecule has 0 bridgehead atoms. The first-order valence-corrected chi connectivity index (χ1v) is 8.75. The fourth-order valence-electron chi connectivity index (χ4n) is 3.77. The molecule has 2 amide bonds. The van der Waals surface area contributed by atoms with Gasteiger partial charge < -0.3 is 9.80 Å². The lowest BCUT2D eigenvalue weighted by Crippen LogP contribution is -2.40. The first-order chi connectivity index (χ1) is 13.0. The van der Waals surface area contributed by atoms with Crippen LogP contribution < -0.4 is 4.90 Å². The van der Waals surface area contributed by atoms with E-state index in [9.17, 15) is 22.8 Å². The molecule has 2 aliphatic heterocycles. The molecule has 2 heterocycles. The molecule has 2 aromatic rings. The van der Waals surface area contributed by atoms with Gasteiger partial charge in [-0.05, 0) is 29.7 Å². The van der Waals surface area contributed by atoms with Crippen molar-refractivity contribution in [3.8, 4) is 0 Å². The van der Waals surface area contributed by atoms with Gasteiger partial charge in [0.15, 0.2) is 17.5 Å². The number of hydrogen-bond donors (Lipinski definition) is 0. The topological polar surface area (TPSA) is 40.6 Å². The number of halogens is 3. The SMILES string of the molecule is O=C(C1CC(=O)N(c2ccc(F)c(F)c2F)C1)N1CCc2ccccc2C1. The Morgan fingerprint density at radius 2 is 1.74 bits per heavy atom. The molecule has 0 aliphatic carbocycles. The summed E-state index contributed by atoms with van der Waals surface area (Å²) in [5.74, 6) is -5.64. The average Bonchev–Trinajstić information content (AvgIpc) is 3.06. The molecule has 0 spiro atoms. The van der Waals surface area contributed by atoms with E-state index in [4.69, 9.17) is 0 Å². The van der Waals surface area contributed by atoms with Crippen molar-refractivity contribution in [1.82, 2.24) is 4.90 Å². The zero-order valence-electron chi connectivity index (χ0n) is 14.4. The quantitative estimate of drug-likeness (QED) is 0.759. The molecule has 4 nitrogen and oxygen atoms in total. The predicted octanol–water partition coefficient (Wildman–Crippen LogP) is 3.04. The van der Waals surface area contributed by atoms with Gasteiger partial charge >= 0.3 is 0 Å². The number of anilines is 1. The van der Waals surface area contributed by atoms with Gasteiger partial charge in [0.25, 0.3) is 0 Å². The van der Waals surface area contributed by atoms with E-state index in [0.29, 0.717) is 13.1 Å². The Labute approximate surface area is 154 Å². The summed E-state index contributed by atoms with van der Waals surface area (Å²) in [5, 5.41) is 0. The number of amides is 2. The Morgan fingerprint density at radius 1 is 1.00 bits per heavy atom. The van der Waals surface area contributed by atoms with Crippen LogP contribution in [-0.2, 0) is 22.6 Å². The highest BCUT2D eigenvalue weighted by Crippen LogP contribution is 2.31. The van der Waals surface area contributed by atoms with Crippen LogP contribution in [0.3, 0.4) is 0 Å². The summed E-state index contributed by atoms with van der Waals surface area (Å²) in [6.07, 6.45) is 0.666. The van der Waals surface area contributed by atoms with Gasteiger partial charge in [-0.1, -0.05) is 24.3 Å². The first kappa shape index (κ1) is 17.6. The fourth-order valence-corrected chi connectivity index (χ4v) is 3.77. The molecular formula is C20H17F3N2O2. The minimum atomic E-state index is -1.62. The van der Waals surface area contributed by atoms with Gasteiger partial charge in [0.2, 0.25) is 11.8 Å². The summed E-state index contributed by atoms with van der Waals surface area (Å²) < 4.78 is 40.7. The maximum atomic E-state index is 14.0. The Balaban J connectivity index is 1.51. The van der Waals surface area contributed by atoms with Gasteiger partial charge in [-0.25, -0.2) is 13.2 Å². The van der Waals surface area contributed by atoms with Crippen LogP contribution in [0.15, 0.2) is 36.4 Å². The van der Waals surface area contributed by atoms with E-state index in [1.54, 1.807) is 4.90 Å². The van der Waals surface area contributed by atoms with Crippen LogP contribution in [0.5, 0.6) is 0 Å². The van der Waals surface area contributed by atoms with Gasteiger partial charge in [0.1, 0.15) is 0 Å². The zero-order chi connectivity index (χ0) is 19.1. The Bertz CT molecular complexity index is 931. The first-order valence-electron chi connectivity index (χ1n) is 8.75. The van der Waals surface area contributed by atoms with Gasteiger partial charge in [0, 0.05) is 26.1 Å². The molecule has 0 radical (unpaired) electrons. The van der Waals surface area contributed by atoms with E-state index in [0.717, 1.165) is 29.0 Å². The second-order valence-electron chi connectivity index (χ2n) is 6.88. The third-order valence-corrected chi connectivity index (χ3v) is 5.22. The van der Waals surface area contributed by atoms with E-state index in [-0.39, 0.29) is 24.6 Å². The van der Waals surface area contributed by atoms with Crippen LogP contribution in [0.4, 0.5) is 18.9 Å². The Hall–Kier alpha value is -2.83. The largest absolute Gasteiger partial charge is 0.338 e. The number of hydrogen-bond acceptors (Lipinski definition) is 2. The van der Waals surface area contributed by atoms with Crippen molar-refractivity contribution >= 4 is 17.5 Å². The van der Waals surface area contributed by atoms with Crippen molar-refractivity contribution in [3.63, 3.8) is 0 Å². The van der Waals surface area contributed by atoms with Crippen LogP contribution in [-0.4, -0.2) is 29.8 Å². The smallest absolute Gasteiger partial charge is 0.228 e. The van der Waals surface area contributed by atoms with Gasteiger partial charge in [-0.15, -0.1) is 0 Å². The lowest BCUT2D eigenvalue weighted by atomic mass is 9.98. The van der Waals surface area contributed by atoms with Gasteiger partial charge in [-0.3, -0.25) is 9.59 Å². The molecule has 4 rings (SSSR count). The monoisotopic (exact) mass is 374 g/mol. The molecule has 1 fully saturated rings. The molecule has 1 unspecified atom stereocenters. The average molecular weight is 374 g/mol. The summed E-state index contributed by atoms with van der Waals surface area (Å²) in [7, 11) is 0. The third-order valence-electron chi connectivity index (χ3n) is 5.22. The van der Waals surface area contributed by atoms with E-state index in [2.05, 4.69) is 0 Å². The lowest BCUT2D eigenvalue weighted by Gasteiger charge is -2.30. The van der Waals surface area contributed by atoms with Crippen LogP contribution in [0.1, 0.15) is 17.5 Å². The van der Waals surface area contributed by atoms with Crippen molar-refractivity contribution in [2.75, 3.05) is 18.0 Å². The minimum Gasteiger partial charge on any atom is -0.338 e. The summed E-state index contributed by atoms with van der Waals surface area (Å²) in [4.78, 5) is 27.9. The lowest BCUT2D eigenvalue weighted by molar-refractivity contribution is -0.136. The number of carbonyl (C=O) groups excluding carboxylic acids is 2. The molecule has 0 saturated carbocycles. The van der Waals surface area contributed by atoms with Crippen molar-refractivity contribution in [2.24, 2.45) is 5.92 Å². The molecule has 1 saturated heterocycles. The number of fused-ring (bicyclic) bond motifs is 1. The van der Waals surface area contributed by atoms with Crippen LogP contribution in [0.2, 0.25) is 0 Å². The molecule has 2 aromatic carbocycles. The molecular weight excluding hydrogens is 357 g/mol. The Morgan fingerprint density at radius 3 is 2.52 bits per heavy atom. The van der Waals surface area contributed by atoms with Crippen LogP contribution in [0, 0.1) is 23.4 Å². The molecule has 140 valence electrons. The maximum Gasteiger partial charge on any atom is 0.228 e. The second kappa shape index (κ2) is 6.72. The van der Waals surface area contributed by atoms with Crippen molar-refractivity contribution in [2.45, 2.75) is 19.4 Å². The van der Waals surface area contributed by atoms with Crippen molar-refractivity contribution in [3.05, 3.63) is 65.0 Å². The van der Waals surface area contributed by atoms with Crippen molar-refractivity contribution < 1.29 is 22.8 Å². The fraction of sp³-hybridized carbons (Fsp3) is 0.300. The number of carbonyl (C=O) groups is 2. The highest BCUT2D eigenvalue weighted by atomic mass is 19.2. The summed E-state index contributed by atoms with van der Waals surface area (Å²) >= 11 is 0. The molecule has 0 aromatic heterocycles. The molecule has 27 heavy (non-hydrogen) atoms. The molecule has 2 aliphatic rings. The normalized spacial score (nSPS) is 19.4. The standard InChI is InChI=1S/C20H17F3N2O2/c21-15-5-6-16(19(23)18(15)22)25-11-14(9-17(25)26)20(27)24-8-7-12-3-1-2-4-13(12)10-24/h1-6,14H,7-11H2. The van der Waals surface area contributed by atoms with Crippen LogP contribution >= 0.6 is 0 Å². The third kappa shape index (κ3) is 3.07. The van der Waals surface area contributed by atoms with Crippen molar-refractivity contribution in [1.29, 1.82) is 0 Å². The van der Waals surface area contributed by atoms with Crippen LogP contribution in [0.25, 0.3) is 0 Å². The summed E-state index contributed by atoms with van der Waals surface area (Å²) in [6, 6.07) is 9.68. The number of rotatable bonds is 2. The highest BCUT2D eigenvalue weighted by molar-refractivity contribution is 6.00. The van der Waals surface area contributed by atoms with Gasteiger partial charge in [0.05, 0.1) is 11.6 Å². The highest BCUT2D eigenvalue weighted by Gasteiger charge is 2.39. The van der Waals surface area contributed by atoms with E-state index < -0.39 is 29.3 Å². The summed E-state index contributed by atoms with van der Waals surface area (Å²) in [6.45, 7) is 0.983.